The summed E-state index contributed by atoms with van der Waals surface area (Å²) in [5.41, 5.74) is 9.88. The zero-order valence-corrected chi connectivity index (χ0v) is 22.4. The van der Waals surface area contributed by atoms with Gasteiger partial charge in [0, 0.05) is 17.7 Å². The van der Waals surface area contributed by atoms with Gasteiger partial charge in [-0.25, -0.2) is 4.79 Å². The van der Waals surface area contributed by atoms with Gasteiger partial charge in [-0.2, -0.15) is 0 Å². The Balaban J connectivity index is 0.000000436. The van der Waals surface area contributed by atoms with Crippen molar-refractivity contribution in [3.05, 3.63) is 46.6 Å². The lowest BCUT2D eigenvalue weighted by Crippen LogP contribution is -2.61. The Morgan fingerprint density at radius 3 is 2.16 bits per heavy atom. The maximum atomic E-state index is 12.6. The van der Waals surface area contributed by atoms with Gasteiger partial charge in [0.2, 0.25) is 12.0 Å². The molecule has 0 saturated carbocycles. The summed E-state index contributed by atoms with van der Waals surface area (Å²) in [6.45, 7) is 0.604. The fourth-order valence-electron chi connectivity index (χ4n) is 4.03. The van der Waals surface area contributed by atoms with E-state index < -0.39 is 71.4 Å². The Kier molecular flexibility index (Phi) is 10.9. The second-order valence-corrected chi connectivity index (χ2v) is 9.55. The van der Waals surface area contributed by atoms with Crippen LogP contribution in [0.15, 0.2) is 45.6 Å². The van der Waals surface area contributed by atoms with Gasteiger partial charge in [0.1, 0.15) is 46.8 Å². The number of hydrogen-bond acceptors (Lipinski definition) is 14. The second kappa shape index (κ2) is 14.1. The molecule has 0 amide bonds. The van der Waals surface area contributed by atoms with Gasteiger partial charge in [-0.15, -0.1) is 0 Å². The van der Waals surface area contributed by atoms with Crippen LogP contribution in [0.2, 0.25) is 0 Å². The van der Waals surface area contributed by atoms with Gasteiger partial charge in [0.25, 0.3) is 0 Å². The number of carbonyl (C=O) groups is 2. The molecule has 0 aliphatic carbocycles. The molecule has 0 radical (unpaired) electrons. The molecule has 0 spiro atoms. The molecule has 3 aromatic rings. The molecule has 1 unspecified atom stereocenters. The number of aromatic hydroxyl groups is 3. The van der Waals surface area contributed by atoms with E-state index in [-0.39, 0.29) is 22.5 Å². The third-order valence-corrected chi connectivity index (χ3v) is 6.43. The summed E-state index contributed by atoms with van der Waals surface area (Å²) in [7, 11) is 0. The van der Waals surface area contributed by atoms with Crippen molar-refractivity contribution in [3.8, 4) is 34.3 Å². The van der Waals surface area contributed by atoms with Crippen LogP contribution >= 0.6 is 0 Å². The van der Waals surface area contributed by atoms with E-state index in [4.69, 9.17) is 35.6 Å². The van der Waals surface area contributed by atoms with E-state index in [0.29, 0.717) is 18.5 Å². The number of carboxylic acids is 2. The van der Waals surface area contributed by atoms with E-state index in [9.17, 15) is 45.0 Å². The molecule has 1 fully saturated rings. The van der Waals surface area contributed by atoms with Crippen molar-refractivity contribution in [3.63, 3.8) is 0 Å². The fraction of sp³-hybridized carbons (Fsp3) is 0.370. The summed E-state index contributed by atoms with van der Waals surface area (Å²) in [5.74, 6) is -4.94. The minimum absolute atomic E-state index is 0.0156. The minimum atomic E-state index is -1.96. The molecule has 1 aliphatic rings. The Bertz CT molecular complexity index is 1490. The number of fused-ring (bicyclic) bond motifs is 1. The number of unbranched alkanes of at least 4 members (excludes halogenated alkanes) is 1. The Labute approximate surface area is 242 Å². The van der Waals surface area contributed by atoms with Crippen molar-refractivity contribution in [2.45, 2.75) is 56.0 Å². The van der Waals surface area contributed by atoms with Crippen LogP contribution in [0.3, 0.4) is 0 Å². The van der Waals surface area contributed by atoms with Crippen LogP contribution in [0.1, 0.15) is 19.3 Å². The number of aliphatic carboxylic acids is 2. The predicted molar refractivity (Wildman–Crippen MR) is 146 cm³/mol. The van der Waals surface area contributed by atoms with Crippen molar-refractivity contribution in [1.82, 2.24) is 0 Å². The van der Waals surface area contributed by atoms with Crippen LogP contribution in [-0.2, 0) is 14.3 Å². The number of ether oxygens (including phenoxy) is 2. The first-order valence-electron chi connectivity index (χ1n) is 12.9. The van der Waals surface area contributed by atoms with Gasteiger partial charge in [0.05, 0.1) is 0 Å². The van der Waals surface area contributed by atoms with E-state index in [0.717, 1.165) is 25.0 Å². The van der Waals surface area contributed by atoms with Crippen LogP contribution in [0.5, 0.6) is 23.0 Å². The Morgan fingerprint density at radius 1 is 0.930 bits per heavy atom. The lowest BCUT2D eigenvalue weighted by Gasteiger charge is -2.38. The normalized spacial score (nSPS) is 22.3. The number of aliphatic hydroxyl groups excluding tert-OH is 3. The number of nitrogens with two attached hydrogens (primary N) is 2. The van der Waals surface area contributed by atoms with Gasteiger partial charge < -0.3 is 66.2 Å². The van der Waals surface area contributed by atoms with Gasteiger partial charge in [-0.1, -0.05) is 6.42 Å². The van der Waals surface area contributed by atoms with Gasteiger partial charge >= 0.3 is 11.9 Å². The van der Waals surface area contributed by atoms with Crippen molar-refractivity contribution >= 4 is 22.9 Å². The van der Waals surface area contributed by atoms with Crippen molar-refractivity contribution in [1.29, 1.82) is 0 Å². The van der Waals surface area contributed by atoms with E-state index in [2.05, 4.69) is 0 Å². The minimum Gasteiger partial charge on any atom is -0.508 e. The van der Waals surface area contributed by atoms with E-state index in [1.807, 2.05) is 0 Å². The highest BCUT2D eigenvalue weighted by Crippen LogP contribution is 2.42. The molecule has 4 rings (SSSR count). The maximum Gasteiger partial charge on any atom is 0.335 e. The van der Waals surface area contributed by atoms with Crippen LogP contribution in [0, 0.1) is 0 Å². The third-order valence-electron chi connectivity index (χ3n) is 6.43. The molecule has 6 atom stereocenters. The first-order chi connectivity index (χ1) is 20.3. The average molecular weight is 609 g/mol. The van der Waals surface area contributed by atoms with Crippen LogP contribution < -0.4 is 21.6 Å². The highest BCUT2D eigenvalue weighted by molar-refractivity contribution is 5.89. The summed E-state index contributed by atoms with van der Waals surface area (Å²) in [6, 6.07) is 7.03. The topological polar surface area (TPSA) is 297 Å². The molecule has 2 aromatic carbocycles. The molecule has 0 bridgehead atoms. The zero-order chi connectivity index (χ0) is 32.0. The summed E-state index contributed by atoms with van der Waals surface area (Å²) >= 11 is 0. The molecule has 16 heteroatoms. The van der Waals surface area contributed by atoms with E-state index >= 15 is 0 Å². The molecule has 234 valence electrons. The molecule has 12 N–H and O–H groups in total. The monoisotopic (exact) mass is 608 g/mol. The highest BCUT2D eigenvalue weighted by atomic mass is 16.7. The lowest BCUT2D eigenvalue weighted by atomic mass is 9.99. The summed E-state index contributed by atoms with van der Waals surface area (Å²) in [5, 5.41) is 76.9. The van der Waals surface area contributed by atoms with Crippen LogP contribution in [0.4, 0.5) is 0 Å². The van der Waals surface area contributed by atoms with Gasteiger partial charge in [0.15, 0.2) is 23.0 Å². The summed E-state index contributed by atoms with van der Waals surface area (Å²) < 4.78 is 15.9. The molecule has 16 nitrogen and oxygen atoms in total. The molecule has 1 aromatic heterocycles. The molecular weight excluding hydrogens is 576 g/mol. The summed E-state index contributed by atoms with van der Waals surface area (Å²) in [4.78, 5) is 33.9. The van der Waals surface area contributed by atoms with Crippen LogP contribution in [0.25, 0.3) is 22.3 Å². The number of aliphatic hydroxyl groups is 3. The maximum absolute atomic E-state index is 12.6. The number of phenols is 3. The predicted octanol–water partition coefficient (Wildman–Crippen LogP) is -0.625. The van der Waals surface area contributed by atoms with E-state index in [1.165, 1.54) is 24.3 Å². The number of phenolic OH excluding ortho intramolecular Hbond substituents is 3. The lowest BCUT2D eigenvalue weighted by molar-refractivity contribution is -0.271. The molecule has 2 heterocycles. The highest BCUT2D eigenvalue weighted by Gasteiger charge is 2.48. The van der Waals surface area contributed by atoms with Gasteiger partial charge in [-0.05, 0) is 43.7 Å². The largest absolute Gasteiger partial charge is 0.508 e. The van der Waals surface area contributed by atoms with Crippen molar-refractivity contribution < 1.29 is 64.3 Å². The second-order valence-electron chi connectivity index (χ2n) is 9.55. The quantitative estimate of drug-likeness (QED) is 0.107. The number of hydrogen-bond donors (Lipinski definition) is 10. The third kappa shape index (κ3) is 7.69. The molecular formula is C27H32N2O14. The number of carboxylic acid groups (broad SMARTS) is 2. The molecule has 1 aliphatic heterocycles. The smallest absolute Gasteiger partial charge is 0.335 e. The Hall–Kier alpha value is -4.45. The fourth-order valence-corrected chi connectivity index (χ4v) is 4.03. The summed E-state index contributed by atoms with van der Waals surface area (Å²) in [6.07, 6.45) is -7.51. The number of benzene rings is 2. The number of rotatable bonds is 9. The van der Waals surface area contributed by atoms with Crippen molar-refractivity contribution in [2.24, 2.45) is 11.5 Å². The molecule has 1 saturated heterocycles. The standard InChI is InChI=1S/C21H18O12.C6H14N2O2/c22-8-3-1-7(2-4-8)10-5-9(23)13-11(31-10)6-12(14(24)15(13)25)32-21-18(28)16(26)17(27)19(33-21)20(29)30;7-4-2-1-3-5(8)6(9)10/h1-6,16-19,21-22,24-28H,(H,29,30);5H,1-4,7-8H2,(H,9,10)/t16-,17-,18+,19-,21+;/m0./s1. The van der Waals surface area contributed by atoms with Crippen molar-refractivity contribution in [2.75, 3.05) is 6.54 Å². The van der Waals surface area contributed by atoms with Crippen LogP contribution in [-0.4, -0.2) is 96.1 Å². The first-order valence-corrected chi connectivity index (χ1v) is 12.9. The van der Waals surface area contributed by atoms with E-state index in [1.54, 1.807) is 0 Å². The zero-order valence-electron chi connectivity index (χ0n) is 22.4. The molecule has 43 heavy (non-hydrogen) atoms. The SMILES string of the molecule is NCCCCC(N)C(=O)O.O=C(O)[C@H]1O[C@@H](Oc2cc3oc(-c4ccc(O)cc4)cc(=O)c3c(O)c2O)[C@H](O)[C@@H](O)[C@@H]1O. The average Bonchev–Trinajstić information content (AvgIpc) is 2.96. The first kappa shape index (κ1) is 33.1. The van der Waals surface area contributed by atoms with Gasteiger partial charge in [-0.3, -0.25) is 9.59 Å². The Morgan fingerprint density at radius 2 is 1.58 bits per heavy atom.